The van der Waals surface area contributed by atoms with Gasteiger partial charge >= 0.3 is 0 Å². The first-order valence-electron chi connectivity index (χ1n) is 7.34. The zero-order chi connectivity index (χ0) is 13.0. The SMILES string of the molecule is CC[C@@H]1CCCCN1CC(=O)N1CCO[C@@H](C)C1. The van der Waals surface area contributed by atoms with Crippen LogP contribution in [0.25, 0.3) is 0 Å². The Labute approximate surface area is 110 Å². The van der Waals surface area contributed by atoms with E-state index < -0.39 is 0 Å². The van der Waals surface area contributed by atoms with Crippen molar-refractivity contribution in [1.29, 1.82) is 0 Å². The lowest BCUT2D eigenvalue weighted by atomic mass is 10.00. The molecule has 18 heavy (non-hydrogen) atoms. The molecule has 0 bridgehead atoms. The third-order valence-corrected chi connectivity index (χ3v) is 4.15. The van der Waals surface area contributed by atoms with E-state index in [0.29, 0.717) is 19.2 Å². The highest BCUT2D eigenvalue weighted by atomic mass is 16.5. The quantitative estimate of drug-likeness (QED) is 0.765. The van der Waals surface area contributed by atoms with E-state index in [0.717, 1.165) is 26.1 Å². The fourth-order valence-corrected chi connectivity index (χ4v) is 3.05. The molecular formula is C14H26N2O2. The van der Waals surface area contributed by atoms with Crippen LogP contribution >= 0.6 is 0 Å². The fraction of sp³-hybridized carbons (Fsp3) is 0.929. The average molecular weight is 254 g/mol. The predicted molar refractivity (Wildman–Crippen MR) is 71.5 cm³/mol. The fourth-order valence-electron chi connectivity index (χ4n) is 3.05. The molecule has 0 aliphatic carbocycles. The highest BCUT2D eigenvalue weighted by Gasteiger charge is 2.27. The summed E-state index contributed by atoms with van der Waals surface area (Å²) in [6.45, 7) is 8.15. The van der Waals surface area contributed by atoms with E-state index in [1.165, 1.54) is 19.3 Å². The van der Waals surface area contributed by atoms with Crippen LogP contribution in [0, 0.1) is 0 Å². The van der Waals surface area contributed by atoms with E-state index >= 15 is 0 Å². The predicted octanol–water partition coefficient (Wildman–Crippen LogP) is 1.50. The minimum absolute atomic E-state index is 0.186. The molecule has 2 aliphatic rings. The molecule has 0 aromatic carbocycles. The maximum Gasteiger partial charge on any atom is 0.236 e. The Balaban J connectivity index is 1.85. The molecule has 0 aromatic rings. The van der Waals surface area contributed by atoms with Crippen molar-refractivity contribution in [3.8, 4) is 0 Å². The van der Waals surface area contributed by atoms with Crippen molar-refractivity contribution in [2.24, 2.45) is 0 Å². The first-order chi connectivity index (χ1) is 8.70. The summed E-state index contributed by atoms with van der Waals surface area (Å²) in [6.07, 6.45) is 5.16. The molecule has 2 rings (SSSR count). The third kappa shape index (κ3) is 3.45. The maximum absolute atomic E-state index is 12.3. The Bertz CT molecular complexity index is 283. The number of piperidine rings is 1. The Morgan fingerprint density at radius 2 is 2.17 bits per heavy atom. The van der Waals surface area contributed by atoms with Gasteiger partial charge < -0.3 is 9.64 Å². The molecule has 0 spiro atoms. The molecule has 0 aromatic heterocycles. The number of ether oxygens (including phenoxy) is 1. The van der Waals surface area contributed by atoms with Crippen molar-refractivity contribution < 1.29 is 9.53 Å². The Morgan fingerprint density at radius 3 is 2.89 bits per heavy atom. The molecule has 1 amide bonds. The number of likely N-dealkylation sites (tertiary alicyclic amines) is 1. The van der Waals surface area contributed by atoms with Crippen LogP contribution in [0.4, 0.5) is 0 Å². The molecule has 0 N–H and O–H groups in total. The normalized spacial score (nSPS) is 30.4. The van der Waals surface area contributed by atoms with E-state index in [1.54, 1.807) is 0 Å². The molecule has 104 valence electrons. The minimum Gasteiger partial charge on any atom is -0.375 e. The van der Waals surface area contributed by atoms with E-state index in [9.17, 15) is 4.79 Å². The van der Waals surface area contributed by atoms with Gasteiger partial charge in [-0.2, -0.15) is 0 Å². The van der Waals surface area contributed by atoms with Gasteiger partial charge in [-0.25, -0.2) is 0 Å². The summed E-state index contributed by atoms with van der Waals surface area (Å²) in [6, 6.07) is 0.612. The number of hydrogen-bond acceptors (Lipinski definition) is 3. The van der Waals surface area contributed by atoms with Crippen LogP contribution in [0.5, 0.6) is 0 Å². The number of carbonyl (C=O) groups is 1. The van der Waals surface area contributed by atoms with Crippen molar-refractivity contribution in [3.63, 3.8) is 0 Å². The van der Waals surface area contributed by atoms with E-state index in [1.807, 2.05) is 11.8 Å². The molecule has 0 saturated carbocycles. The van der Waals surface area contributed by atoms with Crippen molar-refractivity contribution in [2.75, 3.05) is 32.8 Å². The molecular weight excluding hydrogens is 228 g/mol. The maximum atomic E-state index is 12.3. The van der Waals surface area contributed by atoms with Crippen LogP contribution in [0.15, 0.2) is 0 Å². The van der Waals surface area contributed by atoms with Crippen molar-refractivity contribution in [2.45, 2.75) is 51.7 Å². The second kappa shape index (κ2) is 6.53. The molecule has 2 saturated heterocycles. The summed E-state index contributed by atoms with van der Waals surface area (Å²) in [7, 11) is 0. The summed E-state index contributed by atoms with van der Waals surface area (Å²) >= 11 is 0. The van der Waals surface area contributed by atoms with Crippen LogP contribution in [-0.4, -0.2) is 60.6 Å². The van der Waals surface area contributed by atoms with Gasteiger partial charge in [0.1, 0.15) is 0 Å². The molecule has 0 unspecified atom stereocenters. The first kappa shape index (κ1) is 13.8. The molecule has 2 atom stereocenters. The van der Waals surface area contributed by atoms with Gasteiger partial charge in [0.25, 0.3) is 0 Å². The topological polar surface area (TPSA) is 32.8 Å². The van der Waals surface area contributed by atoms with Gasteiger partial charge in [-0.3, -0.25) is 9.69 Å². The summed E-state index contributed by atoms with van der Waals surface area (Å²) in [5, 5.41) is 0. The Kier molecular flexibility index (Phi) is 5.01. The summed E-state index contributed by atoms with van der Waals surface area (Å²) < 4.78 is 5.48. The Hall–Kier alpha value is -0.610. The number of hydrogen-bond donors (Lipinski definition) is 0. The lowest BCUT2D eigenvalue weighted by molar-refractivity contribution is -0.140. The molecule has 2 aliphatic heterocycles. The highest BCUT2D eigenvalue weighted by Crippen LogP contribution is 2.19. The molecule has 0 radical (unpaired) electrons. The van der Waals surface area contributed by atoms with Gasteiger partial charge in [-0.1, -0.05) is 13.3 Å². The zero-order valence-corrected chi connectivity index (χ0v) is 11.7. The summed E-state index contributed by atoms with van der Waals surface area (Å²) in [5.74, 6) is 0.283. The van der Waals surface area contributed by atoms with Gasteiger partial charge in [0.15, 0.2) is 0 Å². The monoisotopic (exact) mass is 254 g/mol. The van der Waals surface area contributed by atoms with Gasteiger partial charge in [0.05, 0.1) is 19.3 Å². The van der Waals surface area contributed by atoms with Crippen LogP contribution in [0.3, 0.4) is 0 Å². The van der Waals surface area contributed by atoms with Gasteiger partial charge in [-0.05, 0) is 32.7 Å². The van der Waals surface area contributed by atoms with Crippen molar-refractivity contribution >= 4 is 5.91 Å². The third-order valence-electron chi connectivity index (χ3n) is 4.15. The lowest BCUT2D eigenvalue weighted by Gasteiger charge is -2.37. The number of rotatable bonds is 3. The highest BCUT2D eigenvalue weighted by molar-refractivity contribution is 5.78. The van der Waals surface area contributed by atoms with E-state index in [4.69, 9.17) is 4.74 Å². The summed E-state index contributed by atoms with van der Waals surface area (Å²) in [5.41, 5.74) is 0. The lowest BCUT2D eigenvalue weighted by Crippen LogP contribution is -2.50. The largest absolute Gasteiger partial charge is 0.375 e. The minimum atomic E-state index is 0.186. The molecule has 2 heterocycles. The molecule has 4 heteroatoms. The van der Waals surface area contributed by atoms with Crippen molar-refractivity contribution in [3.05, 3.63) is 0 Å². The number of amides is 1. The van der Waals surface area contributed by atoms with Crippen molar-refractivity contribution in [1.82, 2.24) is 9.80 Å². The average Bonchev–Trinajstić information content (AvgIpc) is 2.39. The van der Waals surface area contributed by atoms with Crippen LogP contribution in [0.1, 0.15) is 39.5 Å². The van der Waals surface area contributed by atoms with Crippen LogP contribution < -0.4 is 0 Å². The van der Waals surface area contributed by atoms with Crippen LogP contribution in [-0.2, 0) is 9.53 Å². The van der Waals surface area contributed by atoms with Gasteiger partial charge in [0.2, 0.25) is 5.91 Å². The first-order valence-corrected chi connectivity index (χ1v) is 7.34. The Morgan fingerprint density at radius 1 is 1.33 bits per heavy atom. The van der Waals surface area contributed by atoms with E-state index in [2.05, 4.69) is 11.8 Å². The smallest absolute Gasteiger partial charge is 0.236 e. The van der Waals surface area contributed by atoms with E-state index in [-0.39, 0.29) is 12.0 Å². The molecule has 4 nitrogen and oxygen atoms in total. The number of carbonyl (C=O) groups excluding carboxylic acids is 1. The molecule has 2 fully saturated rings. The second-order valence-electron chi connectivity index (χ2n) is 5.55. The van der Waals surface area contributed by atoms with Gasteiger partial charge in [-0.15, -0.1) is 0 Å². The standard InChI is InChI=1S/C14H26N2O2/c1-3-13-6-4-5-7-15(13)11-14(17)16-8-9-18-12(2)10-16/h12-13H,3-11H2,1-2H3/t12-,13+/m0/s1. The second-order valence-corrected chi connectivity index (χ2v) is 5.55. The van der Waals surface area contributed by atoms with Crippen LogP contribution in [0.2, 0.25) is 0 Å². The summed E-state index contributed by atoms with van der Waals surface area (Å²) in [4.78, 5) is 16.7. The number of nitrogens with zero attached hydrogens (tertiary/aromatic N) is 2. The number of morpholine rings is 1. The zero-order valence-electron chi connectivity index (χ0n) is 11.7. The van der Waals surface area contributed by atoms with Gasteiger partial charge in [0, 0.05) is 19.1 Å².